The third-order valence-electron chi connectivity index (χ3n) is 4.32. The average Bonchev–Trinajstić information content (AvgIpc) is 2.69. The lowest BCUT2D eigenvalue weighted by atomic mass is 10.2. The van der Waals surface area contributed by atoms with Gasteiger partial charge in [0.1, 0.15) is 0 Å². The Labute approximate surface area is 169 Å². The van der Waals surface area contributed by atoms with Crippen molar-refractivity contribution in [1.82, 2.24) is 13.9 Å². The van der Waals surface area contributed by atoms with Gasteiger partial charge in [0.05, 0.1) is 15.8 Å². The summed E-state index contributed by atoms with van der Waals surface area (Å²) in [7, 11) is -0.455. The number of nitrogens with zero attached hydrogens (tertiary/aromatic N) is 3. The van der Waals surface area contributed by atoms with Crippen LogP contribution in [0.25, 0.3) is 10.9 Å². The van der Waals surface area contributed by atoms with E-state index < -0.39 is 10.0 Å². The van der Waals surface area contributed by atoms with Crippen LogP contribution in [0.5, 0.6) is 0 Å². The van der Waals surface area contributed by atoms with Gasteiger partial charge in [0.25, 0.3) is 5.56 Å². The molecule has 0 bridgehead atoms. The smallest absolute Gasteiger partial charge is 0.262 e. The molecule has 0 amide bonds. The number of hydrogen-bond acceptors (Lipinski definition) is 5. The lowest BCUT2D eigenvalue weighted by molar-refractivity contribution is 0.520. The Hall–Kier alpha value is -2.16. The number of thioether (sulfide) groups is 1. The summed E-state index contributed by atoms with van der Waals surface area (Å²) in [5, 5.41) is 1.26. The SMILES string of the molecule is CCCn1c(SCc2cccc(S(=O)(=O)N(C)C)c2)nc2ccccc2c1=O. The molecule has 0 radical (unpaired) electrons. The van der Waals surface area contributed by atoms with Gasteiger partial charge in [0, 0.05) is 26.4 Å². The Kier molecular flexibility index (Phi) is 6.22. The van der Waals surface area contributed by atoms with Crippen LogP contribution in [0.1, 0.15) is 18.9 Å². The first-order valence-corrected chi connectivity index (χ1v) is 11.4. The van der Waals surface area contributed by atoms with Crippen LogP contribution in [0.4, 0.5) is 0 Å². The number of aromatic nitrogens is 2. The summed E-state index contributed by atoms with van der Waals surface area (Å²) in [6.07, 6.45) is 0.823. The minimum absolute atomic E-state index is 0.0427. The summed E-state index contributed by atoms with van der Waals surface area (Å²) >= 11 is 1.44. The van der Waals surface area contributed by atoms with Crippen molar-refractivity contribution in [1.29, 1.82) is 0 Å². The molecule has 0 aliphatic heterocycles. The summed E-state index contributed by atoms with van der Waals surface area (Å²) < 4.78 is 27.6. The molecule has 2 aromatic carbocycles. The molecule has 0 aliphatic carbocycles. The van der Waals surface area contributed by atoms with Crippen LogP contribution in [-0.2, 0) is 22.3 Å². The van der Waals surface area contributed by atoms with Gasteiger partial charge in [-0.1, -0.05) is 43.0 Å². The second kappa shape index (κ2) is 8.46. The molecule has 0 atom stereocenters. The maximum atomic E-state index is 12.8. The van der Waals surface area contributed by atoms with E-state index in [0.717, 1.165) is 12.0 Å². The summed E-state index contributed by atoms with van der Waals surface area (Å²) in [5.74, 6) is 0.519. The fourth-order valence-corrected chi connectivity index (χ4v) is 4.77. The minimum Gasteiger partial charge on any atom is -0.287 e. The van der Waals surface area contributed by atoms with E-state index in [2.05, 4.69) is 4.98 Å². The predicted molar refractivity (Wildman–Crippen MR) is 113 cm³/mol. The topological polar surface area (TPSA) is 72.3 Å². The van der Waals surface area contributed by atoms with E-state index in [1.165, 1.54) is 30.2 Å². The molecule has 0 unspecified atom stereocenters. The van der Waals surface area contributed by atoms with Gasteiger partial charge < -0.3 is 0 Å². The summed E-state index contributed by atoms with van der Waals surface area (Å²) in [6.45, 7) is 2.61. The van der Waals surface area contributed by atoms with E-state index >= 15 is 0 Å². The van der Waals surface area contributed by atoms with Gasteiger partial charge in [0.2, 0.25) is 10.0 Å². The molecule has 8 heteroatoms. The van der Waals surface area contributed by atoms with Crippen LogP contribution in [0.3, 0.4) is 0 Å². The van der Waals surface area contributed by atoms with Gasteiger partial charge >= 0.3 is 0 Å². The van der Waals surface area contributed by atoms with Crippen molar-refractivity contribution in [3.8, 4) is 0 Å². The van der Waals surface area contributed by atoms with Gasteiger partial charge in [-0.25, -0.2) is 17.7 Å². The van der Waals surface area contributed by atoms with Crippen molar-refractivity contribution >= 4 is 32.7 Å². The maximum absolute atomic E-state index is 12.8. The van der Waals surface area contributed by atoms with Crippen molar-refractivity contribution in [3.05, 3.63) is 64.4 Å². The molecule has 0 N–H and O–H groups in total. The highest BCUT2D eigenvalue weighted by Crippen LogP contribution is 2.24. The van der Waals surface area contributed by atoms with Crippen LogP contribution < -0.4 is 5.56 Å². The lowest BCUT2D eigenvalue weighted by Crippen LogP contribution is -2.23. The molecule has 3 aromatic rings. The highest BCUT2D eigenvalue weighted by Gasteiger charge is 2.17. The molecule has 3 rings (SSSR count). The second-order valence-corrected chi connectivity index (χ2v) is 9.69. The molecule has 0 aliphatic rings. The number of sulfonamides is 1. The predicted octanol–water partition coefficient (Wildman–Crippen LogP) is 3.35. The fraction of sp³-hybridized carbons (Fsp3) is 0.300. The summed E-state index contributed by atoms with van der Waals surface area (Å²) in [6, 6.07) is 14.2. The molecular formula is C20H23N3O3S2. The third kappa shape index (κ3) is 4.14. The Morgan fingerprint density at radius 1 is 1.11 bits per heavy atom. The molecule has 148 valence electrons. The Bertz CT molecular complexity index is 1150. The van der Waals surface area contributed by atoms with Crippen molar-refractivity contribution < 1.29 is 8.42 Å². The first-order valence-electron chi connectivity index (χ1n) is 8.98. The fourth-order valence-electron chi connectivity index (χ4n) is 2.83. The molecular weight excluding hydrogens is 394 g/mol. The van der Waals surface area contributed by atoms with E-state index in [1.54, 1.807) is 28.8 Å². The molecule has 0 spiro atoms. The van der Waals surface area contributed by atoms with Crippen LogP contribution in [0.2, 0.25) is 0 Å². The van der Waals surface area contributed by atoms with E-state index in [1.807, 2.05) is 31.2 Å². The highest BCUT2D eigenvalue weighted by molar-refractivity contribution is 7.98. The molecule has 28 heavy (non-hydrogen) atoms. The summed E-state index contributed by atoms with van der Waals surface area (Å²) in [5.41, 5.74) is 1.49. The molecule has 1 aromatic heterocycles. The van der Waals surface area contributed by atoms with Crippen molar-refractivity contribution in [2.45, 2.75) is 35.7 Å². The van der Waals surface area contributed by atoms with Gasteiger partial charge in [0.15, 0.2) is 5.16 Å². The van der Waals surface area contributed by atoms with Crippen LogP contribution in [0, 0.1) is 0 Å². The standard InChI is InChI=1S/C20H23N3O3S2/c1-4-12-23-19(24)17-10-5-6-11-18(17)21-20(23)27-14-15-8-7-9-16(13-15)28(25,26)22(2)3/h5-11,13H,4,12,14H2,1-3H3. The summed E-state index contributed by atoms with van der Waals surface area (Å²) in [4.78, 5) is 17.8. The first kappa shape index (κ1) is 20.6. The van der Waals surface area contributed by atoms with E-state index in [0.29, 0.717) is 28.4 Å². The van der Waals surface area contributed by atoms with Crippen molar-refractivity contribution in [2.24, 2.45) is 0 Å². The Morgan fingerprint density at radius 2 is 1.86 bits per heavy atom. The van der Waals surface area contributed by atoms with Gasteiger partial charge in [-0.2, -0.15) is 0 Å². The average molecular weight is 418 g/mol. The van der Waals surface area contributed by atoms with Crippen molar-refractivity contribution in [2.75, 3.05) is 14.1 Å². The quantitative estimate of drug-likeness (QED) is 0.435. The second-order valence-electron chi connectivity index (χ2n) is 6.59. The Morgan fingerprint density at radius 3 is 2.57 bits per heavy atom. The zero-order chi connectivity index (χ0) is 20.3. The normalized spacial score (nSPS) is 12.0. The number of rotatable bonds is 7. The maximum Gasteiger partial charge on any atom is 0.262 e. The molecule has 0 saturated heterocycles. The van der Waals surface area contributed by atoms with Gasteiger partial charge in [-0.15, -0.1) is 0 Å². The van der Waals surface area contributed by atoms with E-state index in [-0.39, 0.29) is 10.5 Å². The van der Waals surface area contributed by atoms with Crippen LogP contribution >= 0.6 is 11.8 Å². The largest absolute Gasteiger partial charge is 0.287 e. The molecule has 6 nitrogen and oxygen atoms in total. The highest BCUT2D eigenvalue weighted by atomic mass is 32.2. The zero-order valence-electron chi connectivity index (χ0n) is 16.1. The lowest BCUT2D eigenvalue weighted by Gasteiger charge is -2.14. The number of fused-ring (bicyclic) bond motifs is 1. The minimum atomic E-state index is -3.48. The van der Waals surface area contributed by atoms with Crippen LogP contribution in [0.15, 0.2) is 63.4 Å². The van der Waals surface area contributed by atoms with Gasteiger partial charge in [-0.05, 0) is 36.2 Å². The molecule has 0 saturated carbocycles. The van der Waals surface area contributed by atoms with E-state index in [4.69, 9.17) is 0 Å². The van der Waals surface area contributed by atoms with Crippen LogP contribution in [-0.4, -0.2) is 36.4 Å². The van der Waals surface area contributed by atoms with Gasteiger partial charge in [-0.3, -0.25) is 9.36 Å². The molecule has 0 fully saturated rings. The van der Waals surface area contributed by atoms with Crippen molar-refractivity contribution in [3.63, 3.8) is 0 Å². The first-order chi connectivity index (χ1) is 13.3. The number of para-hydroxylation sites is 1. The Balaban J connectivity index is 1.94. The third-order valence-corrected chi connectivity index (χ3v) is 7.18. The zero-order valence-corrected chi connectivity index (χ0v) is 17.8. The number of hydrogen-bond donors (Lipinski definition) is 0. The molecule has 1 heterocycles. The number of benzene rings is 2. The monoisotopic (exact) mass is 417 g/mol. The van der Waals surface area contributed by atoms with E-state index in [9.17, 15) is 13.2 Å².